The molecule has 168 valence electrons. The van der Waals surface area contributed by atoms with Crippen LogP contribution in [-0.4, -0.2) is 37.3 Å². The van der Waals surface area contributed by atoms with E-state index in [9.17, 15) is 24.3 Å². The molecular weight excluding hydrogens is 446 g/mol. The van der Waals surface area contributed by atoms with Crippen LogP contribution in [0.5, 0.6) is 5.88 Å². The van der Waals surface area contributed by atoms with Crippen LogP contribution in [0.4, 0.5) is 5.69 Å². The number of aromatic amines is 2. The van der Waals surface area contributed by atoms with Gasteiger partial charge in [0.2, 0.25) is 17.7 Å². The lowest BCUT2D eigenvalue weighted by atomic mass is 10.0. The van der Waals surface area contributed by atoms with Crippen molar-refractivity contribution in [2.24, 2.45) is 4.99 Å². The van der Waals surface area contributed by atoms with Gasteiger partial charge in [-0.3, -0.25) is 24.4 Å². The number of nitrogens with zero attached hydrogens (tertiary/aromatic N) is 1. The summed E-state index contributed by atoms with van der Waals surface area (Å²) in [6.45, 7) is 0. The molecule has 0 saturated carbocycles. The second-order valence-corrected chi connectivity index (χ2v) is 8.32. The number of para-hydroxylation sites is 1. The molecule has 2 aromatic carbocycles. The maximum Gasteiger partial charge on any atom is 0.328 e. The number of carbonyl (C=O) groups is 2. The molecule has 2 atom stereocenters. The zero-order valence-electron chi connectivity index (χ0n) is 17.1. The molecular formula is C22H19N5O5S. The van der Waals surface area contributed by atoms with Gasteiger partial charge in [0.1, 0.15) is 16.9 Å². The smallest absolute Gasteiger partial charge is 0.328 e. The van der Waals surface area contributed by atoms with E-state index in [4.69, 9.17) is 0 Å². The molecule has 2 unspecified atom stereocenters. The number of thioether (sulfide) groups is 1. The Morgan fingerprint density at radius 2 is 1.70 bits per heavy atom. The first-order valence-electron chi connectivity index (χ1n) is 9.91. The molecule has 1 aromatic heterocycles. The quantitative estimate of drug-likeness (QED) is 0.371. The van der Waals surface area contributed by atoms with E-state index in [0.29, 0.717) is 11.3 Å². The number of aromatic hydroxyl groups is 1. The maximum absolute atomic E-state index is 12.4. The predicted octanol–water partition coefficient (Wildman–Crippen LogP) is 1.47. The van der Waals surface area contributed by atoms with Crippen molar-refractivity contribution in [1.29, 1.82) is 0 Å². The Morgan fingerprint density at radius 3 is 2.36 bits per heavy atom. The molecule has 4 rings (SSSR count). The highest BCUT2D eigenvalue weighted by Gasteiger charge is 2.33. The minimum absolute atomic E-state index is 0.0785. The van der Waals surface area contributed by atoms with Crippen LogP contribution in [-0.2, 0) is 9.59 Å². The molecule has 5 N–H and O–H groups in total. The number of amides is 2. The van der Waals surface area contributed by atoms with E-state index in [-0.39, 0.29) is 23.1 Å². The van der Waals surface area contributed by atoms with Crippen molar-refractivity contribution >= 4 is 34.4 Å². The highest BCUT2D eigenvalue weighted by molar-refractivity contribution is 8.15. The normalized spacial score (nSPS) is 17.5. The molecule has 0 bridgehead atoms. The lowest BCUT2D eigenvalue weighted by Crippen LogP contribution is -2.29. The lowest BCUT2D eigenvalue weighted by molar-refractivity contribution is -0.122. The van der Waals surface area contributed by atoms with Crippen LogP contribution in [0.3, 0.4) is 0 Å². The number of H-pyrrole nitrogens is 2. The van der Waals surface area contributed by atoms with E-state index >= 15 is 0 Å². The zero-order chi connectivity index (χ0) is 23.4. The number of hydrogen-bond acceptors (Lipinski definition) is 7. The van der Waals surface area contributed by atoms with Gasteiger partial charge in [0.25, 0.3) is 5.56 Å². The van der Waals surface area contributed by atoms with E-state index in [1.165, 1.54) is 0 Å². The molecule has 2 heterocycles. The van der Waals surface area contributed by atoms with Crippen LogP contribution in [0.15, 0.2) is 75.2 Å². The third-order valence-corrected chi connectivity index (χ3v) is 5.89. The van der Waals surface area contributed by atoms with E-state index in [1.807, 2.05) is 6.07 Å². The Hall–Kier alpha value is -4.12. The van der Waals surface area contributed by atoms with Crippen LogP contribution in [0, 0.1) is 0 Å². The third kappa shape index (κ3) is 5.21. The fraction of sp³-hybridized carbons (Fsp3) is 0.136. The summed E-state index contributed by atoms with van der Waals surface area (Å²) in [6.07, 6.45) is -0.0785. The molecule has 0 spiro atoms. The average Bonchev–Trinajstić information content (AvgIpc) is 3.12. The van der Waals surface area contributed by atoms with Gasteiger partial charge >= 0.3 is 5.69 Å². The molecule has 10 nitrogen and oxygen atoms in total. The fourth-order valence-corrected chi connectivity index (χ4v) is 4.29. The van der Waals surface area contributed by atoms with Crippen LogP contribution >= 0.6 is 11.8 Å². The summed E-state index contributed by atoms with van der Waals surface area (Å²) >= 11 is 1.05. The number of aromatic nitrogens is 2. The first-order chi connectivity index (χ1) is 15.9. The summed E-state index contributed by atoms with van der Waals surface area (Å²) in [5.41, 5.74) is -0.653. The van der Waals surface area contributed by atoms with E-state index < -0.39 is 34.3 Å². The maximum atomic E-state index is 12.4. The van der Waals surface area contributed by atoms with Crippen molar-refractivity contribution in [3.8, 4) is 5.88 Å². The Labute approximate surface area is 191 Å². The van der Waals surface area contributed by atoms with Gasteiger partial charge in [0.15, 0.2) is 5.17 Å². The molecule has 0 aliphatic carbocycles. The standard InChI is InChI=1S/C22H19N5O5S/c28-15(23-13-9-5-2-6-10-13)11-14-18(29)27-22(33-14)24-17(12-7-3-1-4-8-12)16-19(30)25-21(32)26-20(16)31/h1-10,14,17H,11H2,(H,23,28)(H,24,27,29)(H3,25,26,30,31,32). The Kier molecular flexibility index (Phi) is 6.41. The first-order valence-corrected chi connectivity index (χ1v) is 10.8. The van der Waals surface area contributed by atoms with E-state index in [0.717, 1.165) is 11.8 Å². The monoisotopic (exact) mass is 465 g/mol. The number of aliphatic imine (C=N–C) groups is 1. The predicted molar refractivity (Wildman–Crippen MR) is 124 cm³/mol. The fourth-order valence-electron chi connectivity index (χ4n) is 3.30. The molecule has 0 radical (unpaired) electrons. The number of rotatable bonds is 6. The van der Waals surface area contributed by atoms with Crippen molar-refractivity contribution in [3.63, 3.8) is 0 Å². The topological polar surface area (TPSA) is 157 Å². The number of hydrogen-bond donors (Lipinski definition) is 5. The molecule has 1 aliphatic rings. The molecule has 3 aromatic rings. The molecule has 33 heavy (non-hydrogen) atoms. The van der Waals surface area contributed by atoms with Gasteiger partial charge in [-0.2, -0.15) is 0 Å². The van der Waals surface area contributed by atoms with Gasteiger partial charge in [0.05, 0.1) is 0 Å². The number of nitrogens with one attached hydrogen (secondary N) is 4. The van der Waals surface area contributed by atoms with Crippen molar-refractivity contribution in [1.82, 2.24) is 15.3 Å². The minimum atomic E-state index is -1.01. The highest BCUT2D eigenvalue weighted by atomic mass is 32.2. The summed E-state index contributed by atoms with van der Waals surface area (Å²) in [4.78, 5) is 57.4. The molecule has 1 aliphatic heterocycles. The Balaban J connectivity index is 1.59. The highest BCUT2D eigenvalue weighted by Crippen LogP contribution is 2.31. The minimum Gasteiger partial charge on any atom is -0.494 e. The largest absolute Gasteiger partial charge is 0.494 e. The van der Waals surface area contributed by atoms with Gasteiger partial charge < -0.3 is 15.7 Å². The van der Waals surface area contributed by atoms with Crippen molar-refractivity contribution < 1.29 is 14.7 Å². The third-order valence-electron chi connectivity index (χ3n) is 4.80. The number of anilines is 1. The summed E-state index contributed by atoms with van der Waals surface area (Å²) in [7, 11) is 0. The number of carbonyl (C=O) groups excluding carboxylic acids is 2. The number of benzene rings is 2. The lowest BCUT2D eigenvalue weighted by Gasteiger charge is -2.14. The first kappa shape index (κ1) is 22.1. The summed E-state index contributed by atoms with van der Waals surface area (Å²) in [6, 6.07) is 16.5. The van der Waals surface area contributed by atoms with Crippen LogP contribution in [0.1, 0.15) is 23.6 Å². The van der Waals surface area contributed by atoms with E-state index in [2.05, 4.69) is 25.6 Å². The van der Waals surface area contributed by atoms with Crippen LogP contribution < -0.4 is 21.9 Å². The van der Waals surface area contributed by atoms with Crippen LogP contribution in [0.2, 0.25) is 0 Å². The molecule has 11 heteroatoms. The molecule has 2 amide bonds. The Morgan fingerprint density at radius 1 is 1.03 bits per heavy atom. The van der Waals surface area contributed by atoms with Crippen LogP contribution in [0.25, 0.3) is 0 Å². The summed E-state index contributed by atoms with van der Waals surface area (Å²) < 4.78 is 0. The van der Waals surface area contributed by atoms with Gasteiger partial charge in [-0.1, -0.05) is 60.3 Å². The molecule has 1 saturated heterocycles. The van der Waals surface area contributed by atoms with Gasteiger partial charge in [0, 0.05) is 12.1 Å². The number of amidine groups is 1. The summed E-state index contributed by atoms with van der Waals surface area (Å²) in [5.74, 6) is -1.34. The van der Waals surface area contributed by atoms with Crippen molar-refractivity contribution in [2.45, 2.75) is 17.7 Å². The second kappa shape index (κ2) is 9.57. The SMILES string of the molecule is O=C(CC1SC(=NC(c2ccccc2)c2c(O)[nH]c(=O)[nH]c2=O)NC1=O)Nc1ccccc1. The van der Waals surface area contributed by atoms with Gasteiger partial charge in [-0.25, -0.2) is 9.79 Å². The second-order valence-electron chi connectivity index (χ2n) is 7.13. The average molecular weight is 465 g/mol. The summed E-state index contributed by atoms with van der Waals surface area (Å²) in [5, 5.41) is 15.1. The van der Waals surface area contributed by atoms with Gasteiger partial charge in [-0.15, -0.1) is 0 Å². The van der Waals surface area contributed by atoms with Crippen molar-refractivity contribution in [3.05, 3.63) is 92.6 Å². The van der Waals surface area contributed by atoms with Gasteiger partial charge in [-0.05, 0) is 17.7 Å². The Bertz CT molecular complexity index is 1320. The molecule has 1 fully saturated rings. The van der Waals surface area contributed by atoms with Crippen molar-refractivity contribution in [2.75, 3.05) is 5.32 Å². The zero-order valence-corrected chi connectivity index (χ0v) is 17.9. The van der Waals surface area contributed by atoms with E-state index in [1.54, 1.807) is 54.6 Å².